The molecule has 2 aromatic carbocycles. The van der Waals surface area contributed by atoms with E-state index in [1.807, 2.05) is 13.0 Å². The van der Waals surface area contributed by atoms with Gasteiger partial charge in [-0.15, -0.1) is 0 Å². The molecule has 4 heteroatoms. The molecule has 0 spiro atoms. The number of benzene rings is 2. The molecule has 1 aliphatic carbocycles. The summed E-state index contributed by atoms with van der Waals surface area (Å²) in [7, 11) is 0. The molecule has 0 amide bonds. The van der Waals surface area contributed by atoms with E-state index < -0.39 is 17.8 Å². The molecule has 0 aromatic heterocycles. The molecular weight excluding hydrogens is 325 g/mol. The van der Waals surface area contributed by atoms with Crippen molar-refractivity contribution in [3.8, 4) is 11.8 Å². The third-order valence-corrected chi connectivity index (χ3v) is 4.79. The van der Waals surface area contributed by atoms with E-state index in [4.69, 9.17) is 0 Å². The lowest BCUT2D eigenvalue weighted by Gasteiger charge is -2.27. The summed E-state index contributed by atoms with van der Waals surface area (Å²) in [6.07, 6.45) is -3.42. The van der Waals surface area contributed by atoms with E-state index in [1.54, 1.807) is 0 Å². The van der Waals surface area contributed by atoms with Crippen molar-refractivity contribution in [2.75, 3.05) is 0 Å². The first-order valence-corrected chi connectivity index (χ1v) is 8.22. The van der Waals surface area contributed by atoms with Crippen LogP contribution in [0.1, 0.15) is 45.9 Å². The van der Waals surface area contributed by atoms with Crippen LogP contribution in [0.4, 0.5) is 13.2 Å². The summed E-state index contributed by atoms with van der Waals surface area (Å²) in [6, 6.07) is 8.93. The van der Waals surface area contributed by atoms with Crippen LogP contribution < -0.4 is 0 Å². The summed E-state index contributed by atoms with van der Waals surface area (Å²) in [6.45, 7) is 4.07. The predicted octanol–water partition coefficient (Wildman–Crippen LogP) is 4.97. The third kappa shape index (κ3) is 3.72. The Labute approximate surface area is 145 Å². The lowest BCUT2D eigenvalue weighted by molar-refractivity contribution is -0.137. The molecule has 0 fully saturated rings. The Morgan fingerprint density at radius 2 is 1.68 bits per heavy atom. The van der Waals surface area contributed by atoms with Crippen molar-refractivity contribution >= 4 is 0 Å². The highest BCUT2D eigenvalue weighted by Crippen LogP contribution is 2.35. The minimum atomic E-state index is -4.34. The number of alkyl halides is 3. The molecule has 0 saturated carbocycles. The molecule has 0 bridgehead atoms. The second-order valence-electron chi connectivity index (χ2n) is 6.57. The molecule has 3 rings (SSSR count). The van der Waals surface area contributed by atoms with Crippen LogP contribution in [0.3, 0.4) is 0 Å². The fraction of sp³-hybridized carbons (Fsp3) is 0.333. The number of aliphatic hydroxyl groups excluding tert-OH is 1. The van der Waals surface area contributed by atoms with Gasteiger partial charge in [-0.3, -0.25) is 0 Å². The summed E-state index contributed by atoms with van der Waals surface area (Å²) in [5.74, 6) is 5.73. The van der Waals surface area contributed by atoms with Crippen molar-refractivity contribution in [3.05, 3.63) is 69.8 Å². The monoisotopic (exact) mass is 344 g/mol. The second kappa shape index (κ2) is 6.57. The predicted molar refractivity (Wildman–Crippen MR) is 91.0 cm³/mol. The standard InChI is InChI=1S/C21H19F3O/c1-13-11-17-8-7-16(20(25)19(17)12-14(13)2)6-3-15-4-9-18(10-5-15)21(22,23)24/h4-5,9-12,16,20,25H,7-8H2,1-2H3/t16-,20-/m1/s1. The molecule has 0 heterocycles. The van der Waals surface area contributed by atoms with Crippen molar-refractivity contribution in [2.24, 2.45) is 5.92 Å². The Hall–Kier alpha value is -2.25. The van der Waals surface area contributed by atoms with Crippen LogP contribution in [0.25, 0.3) is 0 Å². The summed E-state index contributed by atoms with van der Waals surface area (Å²) in [4.78, 5) is 0. The number of hydrogen-bond acceptors (Lipinski definition) is 1. The highest BCUT2D eigenvalue weighted by Gasteiger charge is 2.30. The van der Waals surface area contributed by atoms with Crippen LogP contribution in [-0.4, -0.2) is 5.11 Å². The average Bonchev–Trinajstić information content (AvgIpc) is 2.56. The van der Waals surface area contributed by atoms with Crippen LogP contribution in [-0.2, 0) is 12.6 Å². The summed E-state index contributed by atoms with van der Waals surface area (Å²) >= 11 is 0. The minimum absolute atomic E-state index is 0.211. The summed E-state index contributed by atoms with van der Waals surface area (Å²) < 4.78 is 37.7. The zero-order valence-electron chi connectivity index (χ0n) is 14.1. The molecule has 1 aliphatic rings. The van der Waals surface area contributed by atoms with E-state index in [0.29, 0.717) is 5.56 Å². The minimum Gasteiger partial charge on any atom is -0.387 e. The number of aliphatic hydroxyl groups is 1. The Kier molecular flexibility index (Phi) is 4.62. The molecule has 0 radical (unpaired) electrons. The van der Waals surface area contributed by atoms with Gasteiger partial charge in [0.15, 0.2) is 0 Å². The number of aryl methyl sites for hydroxylation is 3. The molecule has 0 saturated heterocycles. The molecule has 0 unspecified atom stereocenters. The fourth-order valence-electron chi connectivity index (χ4n) is 3.15. The van der Waals surface area contributed by atoms with E-state index >= 15 is 0 Å². The van der Waals surface area contributed by atoms with Crippen molar-refractivity contribution in [1.82, 2.24) is 0 Å². The smallest absolute Gasteiger partial charge is 0.387 e. The van der Waals surface area contributed by atoms with Crippen LogP contribution in [0, 0.1) is 31.6 Å². The van der Waals surface area contributed by atoms with Crippen LogP contribution in [0.5, 0.6) is 0 Å². The zero-order chi connectivity index (χ0) is 18.2. The lowest BCUT2D eigenvalue weighted by Crippen LogP contribution is -2.19. The maximum atomic E-state index is 12.6. The molecule has 130 valence electrons. The van der Waals surface area contributed by atoms with Gasteiger partial charge in [0, 0.05) is 5.56 Å². The van der Waals surface area contributed by atoms with Crippen molar-refractivity contribution in [2.45, 2.75) is 39.0 Å². The van der Waals surface area contributed by atoms with Gasteiger partial charge in [-0.25, -0.2) is 0 Å². The van der Waals surface area contributed by atoms with Gasteiger partial charge in [0.2, 0.25) is 0 Å². The molecule has 1 nitrogen and oxygen atoms in total. The zero-order valence-corrected chi connectivity index (χ0v) is 14.1. The topological polar surface area (TPSA) is 20.2 Å². The highest BCUT2D eigenvalue weighted by atomic mass is 19.4. The molecule has 2 atom stereocenters. The lowest BCUT2D eigenvalue weighted by atomic mass is 9.80. The SMILES string of the molecule is Cc1cc2c(cc1C)[C@H](O)[C@H](C#Cc1ccc(C(F)(F)F)cc1)CC2. The molecular formula is C21H19F3O. The number of rotatable bonds is 0. The van der Waals surface area contributed by atoms with E-state index in [1.165, 1.54) is 17.7 Å². The van der Waals surface area contributed by atoms with Gasteiger partial charge in [0.05, 0.1) is 17.6 Å². The maximum absolute atomic E-state index is 12.6. The third-order valence-electron chi connectivity index (χ3n) is 4.79. The maximum Gasteiger partial charge on any atom is 0.416 e. The van der Waals surface area contributed by atoms with Gasteiger partial charge >= 0.3 is 6.18 Å². The van der Waals surface area contributed by atoms with Crippen molar-refractivity contribution in [1.29, 1.82) is 0 Å². The largest absolute Gasteiger partial charge is 0.416 e. The quantitative estimate of drug-likeness (QED) is 0.669. The summed E-state index contributed by atoms with van der Waals surface area (Å²) in [5.41, 5.74) is 4.25. The Bertz CT molecular complexity index is 838. The fourth-order valence-corrected chi connectivity index (χ4v) is 3.15. The molecule has 2 aromatic rings. The second-order valence-corrected chi connectivity index (χ2v) is 6.57. The number of fused-ring (bicyclic) bond motifs is 1. The van der Waals surface area contributed by atoms with E-state index in [9.17, 15) is 18.3 Å². The normalized spacial score (nSPS) is 19.8. The first kappa shape index (κ1) is 17.6. The molecule has 25 heavy (non-hydrogen) atoms. The van der Waals surface area contributed by atoms with Gasteiger partial charge in [-0.1, -0.05) is 24.0 Å². The summed E-state index contributed by atoms with van der Waals surface area (Å²) in [5, 5.41) is 10.6. The van der Waals surface area contributed by atoms with E-state index in [2.05, 4.69) is 24.8 Å². The average molecular weight is 344 g/mol. The highest BCUT2D eigenvalue weighted by molar-refractivity contribution is 5.42. The molecule has 0 aliphatic heterocycles. The van der Waals surface area contributed by atoms with Gasteiger partial charge in [0.25, 0.3) is 0 Å². The van der Waals surface area contributed by atoms with Crippen LogP contribution >= 0.6 is 0 Å². The first-order chi connectivity index (χ1) is 11.8. The van der Waals surface area contributed by atoms with Crippen LogP contribution in [0.2, 0.25) is 0 Å². The Balaban J connectivity index is 1.81. The Morgan fingerprint density at radius 1 is 1.04 bits per heavy atom. The number of hydrogen-bond donors (Lipinski definition) is 1. The van der Waals surface area contributed by atoms with Crippen molar-refractivity contribution < 1.29 is 18.3 Å². The Morgan fingerprint density at radius 3 is 2.32 bits per heavy atom. The van der Waals surface area contributed by atoms with Gasteiger partial charge < -0.3 is 5.11 Å². The van der Waals surface area contributed by atoms with E-state index in [0.717, 1.165) is 41.7 Å². The van der Waals surface area contributed by atoms with E-state index in [-0.39, 0.29) is 5.92 Å². The molecule has 1 N–H and O–H groups in total. The van der Waals surface area contributed by atoms with Gasteiger partial charge in [-0.05, 0) is 73.2 Å². The number of halogens is 3. The van der Waals surface area contributed by atoms with Crippen LogP contribution in [0.15, 0.2) is 36.4 Å². The van der Waals surface area contributed by atoms with Crippen molar-refractivity contribution in [3.63, 3.8) is 0 Å². The van der Waals surface area contributed by atoms with Gasteiger partial charge in [0.1, 0.15) is 0 Å². The van der Waals surface area contributed by atoms with Gasteiger partial charge in [-0.2, -0.15) is 13.2 Å². The first-order valence-electron chi connectivity index (χ1n) is 8.22.